The van der Waals surface area contributed by atoms with E-state index in [-0.39, 0.29) is 37.4 Å². The molecule has 0 bridgehead atoms. The quantitative estimate of drug-likeness (QED) is 0.217. The molecule has 2 aliphatic heterocycles. The topological polar surface area (TPSA) is 124 Å². The van der Waals surface area contributed by atoms with E-state index in [4.69, 9.17) is 20.0 Å². The average molecular weight is 687 g/mol. The molecular weight excluding hydrogens is 638 g/mol. The molecule has 2 aliphatic rings. The molecule has 0 radical (unpaired) electrons. The maximum absolute atomic E-state index is 13.2. The van der Waals surface area contributed by atoms with Crippen molar-refractivity contribution in [3.05, 3.63) is 107 Å². The fourth-order valence-electron chi connectivity index (χ4n) is 5.40. The van der Waals surface area contributed by atoms with Crippen LogP contribution in [0.3, 0.4) is 0 Å². The molecule has 4 heterocycles. The van der Waals surface area contributed by atoms with E-state index in [1.165, 1.54) is 36.5 Å². The second-order valence-corrected chi connectivity index (χ2v) is 12.8. The molecular formula is C39H46F2N6O3. The van der Waals surface area contributed by atoms with E-state index in [1.54, 1.807) is 36.5 Å². The number of carbonyl (C=O) groups is 1. The van der Waals surface area contributed by atoms with Gasteiger partial charge >= 0.3 is 0 Å². The number of benzene rings is 2. The summed E-state index contributed by atoms with van der Waals surface area (Å²) in [5.41, 5.74) is 4.93. The maximum atomic E-state index is 13.2. The Bertz CT molecular complexity index is 1800. The van der Waals surface area contributed by atoms with Crippen LogP contribution < -0.4 is 5.32 Å². The number of hydrogen-bond donors (Lipinski definition) is 1. The normalized spacial score (nSPS) is 16.1. The van der Waals surface area contributed by atoms with Crippen molar-refractivity contribution in [2.45, 2.75) is 52.9 Å². The molecule has 0 saturated carbocycles. The Labute approximate surface area is 295 Å². The lowest BCUT2D eigenvalue weighted by molar-refractivity contribution is -0.0882. The molecule has 2 aromatic heterocycles. The van der Waals surface area contributed by atoms with E-state index in [0.717, 1.165) is 56.0 Å². The van der Waals surface area contributed by atoms with Gasteiger partial charge in [0, 0.05) is 52.1 Å². The third-order valence-corrected chi connectivity index (χ3v) is 7.81. The third-order valence-electron chi connectivity index (χ3n) is 7.81. The number of nitriles is 2. The van der Waals surface area contributed by atoms with Gasteiger partial charge in [-0.05, 0) is 91.9 Å². The number of nitrogens with zero attached hydrogens (tertiary/aromatic N) is 5. The van der Waals surface area contributed by atoms with E-state index in [0.29, 0.717) is 35.3 Å². The molecule has 0 unspecified atom stereocenters. The Hall–Kier alpha value is -4.91. The Morgan fingerprint density at radius 1 is 0.860 bits per heavy atom. The SMILES string of the molecule is C.CC1(C)CN(Cc2cnc(C#N)cc2-c2ccc(F)cc2)CCO1.CC1(C)CNCCO1.N#Cc1cc(-c2ccc(F)cc2)c(C=O)cn1.[3HH]. The number of carbonyl (C=O) groups excluding carboxylic acids is 1. The Morgan fingerprint density at radius 2 is 1.40 bits per heavy atom. The van der Waals surface area contributed by atoms with Gasteiger partial charge in [-0.2, -0.15) is 10.5 Å². The fourth-order valence-corrected chi connectivity index (χ4v) is 5.40. The molecule has 0 aliphatic carbocycles. The summed E-state index contributed by atoms with van der Waals surface area (Å²) >= 11 is 0. The van der Waals surface area contributed by atoms with Crippen LogP contribution in [0.15, 0.2) is 73.1 Å². The van der Waals surface area contributed by atoms with Crippen LogP contribution in [-0.4, -0.2) is 71.7 Å². The van der Waals surface area contributed by atoms with E-state index >= 15 is 0 Å². The van der Waals surface area contributed by atoms with Gasteiger partial charge in [0.1, 0.15) is 35.2 Å². The molecule has 2 saturated heterocycles. The summed E-state index contributed by atoms with van der Waals surface area (Å²) in [5, 5.41) is 21.1. The van der Waals surface area contributed by atoms with E-state index in [9.17, 15) is 13.6 Å². The first-order chi connectivity index (χ1) is 23.4. The second kappa shape index (κ2) is 18.2. The van der Waals surface area contributed by atoms with Crippen molar-refractivity contribution < 1.29 is 24.5 Å². The molecule has 1 N–H and O–H groups in total. The van der Waals surface area contributed by atoms with Crippen molar-refractivity contribution in [1.82, 2.24) is 20.2 Å². The number of halogens is 2. The van der Waals surface area contributed by atoms with Gasteiger partial charge in [-0.15, -0.1) is 0 Å². The van der Waals surface area contributed by atoms with Crippen molar-refractivity contribution in [3.8, 4) is 34.4 Å². The van der Waals surface area contributed by atoms with Crippen LogP contribution in [-0.2, 0) is 16.0 Å². The molecule has 0 spiro atoms. The summed E-state index contributed by atoms with van der Waals surface area (Å²) in [6.07, 6.45) is 3.75. The summed E-state index contributed by atoms with van der Waals surface area (Å²) < 4.78 is 37.2. The lowest BCUT2D eigenvalue weighted by Gasteiger charge is -2.38. The van der Waals surface area contributed by atoms with Gasteiger partial charge in [0.2, 0.25) is 0 Å². The van der Waals surface area contributed by atoms with Gasteiger partial charge in [0.15, 0.2) is 6.29 Å². The van der Waals surface area contributed by atoms with Crippen LogP contribution in [0.1, 0.15) is 63.9 Å². The van der Waals surface area contributed by atoms with Gasteiger partial charge in [-0.25, -0.2) is 18.7 Å². The number of nitrogens with one attached hydrogen (secondary N) is 1. The molecule has 6 rings (SSSR count). The zero-order valence-electron chi connectivity index (χ0n) is 28.2. The Morgan fingerprint density at radius 3 is 1.88 bits per heavy atom. The van der Waals surface area contributed by atoms with Gasteiger partial charge in [0.25, 0.3) is 0 Å². The summed E-state index contributed by atoms with van der Waals surface area (Å²) in [5.74, 6) is -0.624. The van der Waals surface area contributed by atoms with Crippen LogP contribution in [0, 0.1) is 34.3 Å². The number of pyridine rings is 2. The minimum absolute atomic E-state index is 0. The highest BCUT2D eigenvalue weighted by Gasteiger charge is 2.27. The number of hydrogen-bond acceptors (Lipinski definition) is 9. The Kier molecular flexibility index (Phi) is 14.4. The Balaban J connectivity index is 0.000000291. The monoisotopic (exact) mass is 686 g/mol. The molecule has 2 fully saturated rings. The molecule has 11 heteroatoms. The standard InChI is InChI=1S/C19H20FN3O.C13H7FN2O.C6H13NO.CH4.H2/c1-19(2)13-23(7-8-24-19)12-15-11-22-17(10-21)9-18(15)14-3-5-16(20)6-4-14;14-11-3-1-9(2-4-11)13-5-12(6-15)16-7-10(13)8-17;1-6(2)5-7-3-4-8-6;;/h3-6,9,11H,7-8,12-13H2,1-2H3;1-5,7-8H;7H,3-5H2,1-2H3;1H4;1H/i;;;;1+2. The highest BCUT2D eigenvalue weighted by Crippen LogP contribution is 2.27. The zero-order valence-corrected chi connectivity index (χ0v) is 28.2. The largest absolute Gasteiger partial charge is 0.373 e. The summed E-state index contributed by atoms with van der Waals surface area (Å²) in [6, 6.07) is 19.3. The molecule has 50 heavy (non-hydrogen) atoms. The van der Waals surface area contributed by atoms with Crippen molar-refractivity contribution in [2.24, 2.45) is 0 Å². The molecule has 9 nitrogen and oxygen atoms in total. The van der Waals surface area contributed by atoms with Crippen molar-refractivity contribution in [1.29, 1.82) is 10.5 Å². The third kappa shape index (κ3) is 11.6. The summed E-state index contributed by atoms with van der Waals surface area (Å²) in [4.78, 5) is 21.2. The lowest BCUT2D eigenvalue weighted by Crippen LogP contribution is -2.47. The number of aldehydes is 1. The van der Waals surface area contributed by atoms with Crippen LogP contribution in [0.5, 0.6) is 0 Å². The van der Waals surface area contributed by atoms with Crippen LogP contribution >= 0.6 is 0 Å². The number of rotatable bonds is 5. The molecule has 2 aromatic carbocycles. The fraction of sp³-hybridized carbons (Fsp3) is 0.359. The number of ether oxygens (including phenoxy) is 2. The van der Waals surface area contributed by atoms with E-state index in [2.05, 4.69) is 53.9 Å². The smallest absolute Gasteiger partial charge is 0.152 e. The van der Waals surface area contributed by atoms with E-state index < -0.39 is 0 Å². The molecule has 0 amide bonds. The van der Waals surface area contributed by atoms with Gasteiger partial charge in [-0.3, -0.25) is 9.69 Å². The first kappa shape index (κ1) is 39.5. The van der Waals surface area contributed by atoms with Crippen molar-refractivity contribution >= 4 is 6.29 Å². The average Bonchev–Trinajstić information content (AvgIpc) is 3.09. The van der Waals surface area contributed by atoms with Crippen LogP contribution in [0.25, 0.3) is 22.3 Å². The minimum Gasteiger partial charge on any atom is -0.373 e. The summed E-state index contributed by atoms with van der Waals surface area (Å²) in [6.45, 7) is 14.3. The molecule has 0 atom stereocenters. The van der Waals surface area contributed by atoms with Gasteiger partial charge in [0.05, 0.1) is 24.4 Å². The molecule has 264 valence electrons. The van der Waals surface area contributed by atoms with Crippen molar-refractivity contribution in [2.75, 3.05) is 39.4 Å². The minimum atomic E-state index is -0.351. The first-order valence-corrected chi connectivity index (χ1v) is 15.9. The number of aromatic nitrogens is 2. The highest BCUT2D eigenvalue weighted by molar-refractivity contribution is 5.87. The highest BCUT2D eigenvalue weighted by atomic mass is 19.1. The maximum Gasteiger partial charge on any atom is 0.152 e. The van der Waals surface area contributed by atoms with Crippen LogP contribution in [0.4, 0.5) is 8.78 Å². The summed E-state index contributed by atoms with van der Waals surface area (Å²) in [7, 11) is 0. The lowest BCUT2D eigenvalue weighted by atomic mass is 9.99. The van der Waals surface area contributed by atoms with Gasteiger partial charge < -0.3 is 14.8 Å². The zero-order chi connectivity index (χ0) is 35.4. The van der Waals surface area contributed by atoms with Crippen LogP contribution in [0.2, 0.25) is 0 Å². The van der Waals surface area contributed by atoms with Gasteiger partial charge in [-0.1, -0.05) is 31.7 Å². The first-order valence-electron chi connectivity index (χ1n) is 15.9. The predicted molar refractivity (Wildman–Crippen MR) is 191 cm³/mol. The predicted octanol–water partition coefficient (Wildman–Crippen LogP) is 7.21. The second-order valence-electron chi connectivity index (χ2n) is 12.8. The van der Waals surface area contributed by atoms with E-state index in [1.807, 2.05) is 6.07 Å². The molecule has 4 aromatic rings. The van der Waals surface area contributed by atoms with Crippen molar-refractivity contribution in [3.63, 3.8) is 0 Å². The number of morpholine rings is 2.